The molecule has 0 aliphatic heterocycles. The number of rotatable bonds is 2. The number of hydrogen-bond acceptors (Lipinski definition) is 2. The van der Waals surface area contributed by atoms with Gasteiger partial charge in [-0.3, -0.25) is 0 Å². The SMILES string of the molecule is CN(C)c1ccc(/C=C2\C[C@H]3[C@@H]4CC[C@@H]5CCCC[C@]5(C)[C@H]4CC[C@]3(C)[C@@H]2O)cc1. The van der Waals surface area contributed by atoms with E-state index in [9.17, 15) is 5.11 Å². The van der Waals surface area contributed by atoms with Gasteiger partial charge >= 0.3 is 0 Å². The molecule has 0 spiro atoms. The van der Waals surface area contributed by atoms with Crippen molar-refractivity contribution in [3.8, 4) is 0 Å². The van der Waals surface area contributed by atoms with E-state index in [-0.39, 0.29) is 11.5 Å². The van der Waals surface area contributed by atoms with Gasteiger partial charge in [0.05, 0.1) is 6.10 Å². The summed E-state index contributed by atoms with van der Waals surface area (Å²) in [4.78, 5) is 2.14. The van der Waals surface area contributed by atoms with E-state index >= 15 is 0 Å². The molecule has 4 fully saturated rings. The summed E-state index contributed by atoms with van der Waals surface area (Å²) in [5.74, 6) is 3.34. The third-order valence-electron chi connectivity index (χ3n) is 10.2. The van der Waals surface area contributed by atoms with Crippen molar-refractivity contribution in [1.29, 1.82) is 0 Å². The Labute approximate surface area is 183 Å². The number of aliphatic hydroxyl groups excluding tert-OH is 1. The maximum atomic E-state index is 11.5. The van der Waals surface area contributed by atoms with Crippen molar-refractivity contribution >= 4 is 11.8 Å². The zero-order chi connectivity index (χ0) is 21.1. The Morgan fingerprint density at radius 2 is 1.67 bits per heavy atom. The number of nitrogens with zero attached hydrogens (tertiary/aromatic N) is 1. The van der Waals surface area contributed by atoms with Gasteiger partial charge in [0.15, 0.2) is 0 Å². The first-order valence-electron chi connectivity index (χ1n) is 12.5. The lowest BCUT2D eigenvalue weighted by Crippen LogP contribution is -2.53. The second-order valence-electron chi connectivity index (χ2n) is 11.8. The minimum atomic E-state index is -0.270. The number of anilines is 1. The second-order valence-corrected chi connectivity index (χ2v) is 11.8. The lowest BCUT2D eigenvalue weighted by atomic mass is 9.45. The fourth-order valence-electron chi connectivity index (χ4n) is 8.38. The van der Waals surface area contributed by atoms with Gasteiger partial charge < -0.3 is 10.0 Å². The fraction of sp³-hybridized carbons (Fsp3) is 0.714. The normalized spacial score (nSPS) is 44.3. The molecule has 0 heterocycles. The third-order valence-corrected chi connectivity index (χ3v) is 10.2. The van der Waals surface area contributed by atoms with Crippen LogP contribution in [0.4, 0.5) is 5.69 Å². The molecule has 1 aromatic rings. The molecule has 0 unspecified atom stereocenters. The molecule has 164 valence electrons. The topological polar surface area (TPSA) is 23.5 Å². The Balaban J connectivity index is 1.41. The molecule has 0 aromatic heterocycles. The van der Waals surface area contributed by atoms with Gasteiger partial charge in [0.25, 0.3) is 0 Å². The van der Waals surface area contributed by atoms with E-state index in [1.807, 2.05) is 0 Å². The minimum Gasteiger partial charge on any atom is -0.388 e. The van der Waals surface area contributed by atoms with Crippen molar-refractivity contribution in [2.24, 2.45) is 34.5 Å². The van der Waals surface area contributed by atoms with E-state index in [0.29, 0.717) is 11.3 Å². The van der Waals surface area contributed by atoms with Gasteiger partial charge in [0, 0.05) is 25.2 Å². The Bertz CT molecular complexity index is 810. The molecule has 4 aliphatic carbocycles. The summed E-state index contributed by atoms with van der Waals surface area (Å²) >= 11 is 0. The molecule has 0 bridgehead atoms. The Kier molecular flexibility index (Phi) is 5.08. The van der Waals surface area contributed by atoms with Crippen molar-refractivity contribution in [2.45, 2.75) is 77.7 Å². The summed E-state index contributed by atoms with van der Waals surface area (Å²) in [6, 6.07) is 8.78. The molecule has 5 rings (SSSR count). The van der Waals surface area contributed by atoms with Crippen LogP contribution in [0.15, 0.2) is 29.8 Å². The standard InChI is InChI=1S/C28H41NO/c1-27-15-6-5-7-21(27)10-13-23-24(27)14-16-28(2)25(23)18-20(26(28)30)17-19-8-11-22(12-9-19)29(3)4/h8-9,11-12,17,21,23-26,30H,5-7,10,13-16,18H2,1-4H3/b20-17+/t21-,23+,24-,25-,26+,27-,28-/m0/s1. The zero-order valence-corrected chi connectivity index (χ0v) is 19.5. The van der Waals surface area contributed by atoms with Crippen LogP contribution in [-0.4, -0.2) is 25.3 Å². The number of benzene rings is 1. The van der Waals surface area contributed by atoms with Crippen LogP contribution in [0, 0.1) is 34.5 Å². The molecule has 1 aromatic carbocycles. The average molecular weight is 408 g/mol. The summed E-state index contributed by atoms with van der Waals surface area (Å²) < 4.78 is 0. The predicted octanol–water partition coefficient (Wildman–Crippen LogP) is 6.54. The molecule has 7 atom stereocenters. The zero-order valence-electron chi connectivity index (χ0n) is 19.5. The second kappa shape index (κ2) is 7.40. The highest BCUT2D eigenvalue weighted by atomic mass is 16.3. The van der Waals surface area contributed by atoms with E-state index in [4.69, 9.17) is 0 Å². The minimum absolute atomic E-state index is 0.0778. The summed E-state index contributed by atoms with van der Waals surface area (Å²) in [6.07, 6.45) is 14.3. The van der Waals surface area contributed by atoms with Crippen molar-refractivity contribution in [2.75, 3.05) is 19.0 Å². The third kappa shape index (κ3) is 3.08. The smallest absolute Gasteiger partial charge is 0.0809 e. The summed E-state index contributed by atoms with van der Waals surface area (Å²) in [5, 5.41) is 11.5. The average Bonchev–Trinajstić information content (AvgIpc) is 2.98. The maximum Gasteiger partial charge on any atom is 0.0809 e. The van der Waals surface area contributed by atoms with Gasteiger partial charge in [-0.1, -0.05) is 44.9 Å². The van der Waals surface area contributed by atoms with Gasteiger partial charge in [-0.2, -0.15) is 0 Å². The highest BCUT2D eigenvalue weighted by Crippen LogP contribution is 2.67. The molecule has 4 aliphatic rings. The van der Waals surface area contributed by atoms with E-state index < -0.39 is 0 Å². The molecule has 2 nitrogen and oxygen atoms in total. The Morgan fingerprint density at radius 3 is 2.40 bits per heavy atom. The maximum absolute atomic E-state index is 11.5. The molecule has 0 radical (unpaired) electrons. The van der Waals surface area contributed by atoms with Crippen LogP contribution in [0.2, 0.25) is 0 Å². The van der Waals surface area contributed by atoms with Crippen LogP contribution in [0.1, 0.15) is 77.2 Å². The van der Waals surface area contributed by atoms with E-state index in [0.717, 1.165) is 24.2 Å². The molecule has 30 heavy (non-hydrogen) atoms. The van der Waals surface area contributed by atoms with E-state index in [1.54, 1.807) is 0 Å². The first-order valence-corrected chi connectivity index (χ1v) is 12.5. The van der Waals surface area contributed by atoms with E-state index in [1.165, 1.54) is 68.2 Å². The lowest BCUT2D eigenvalue weighted by molar-refractivity contribution is -0.119. The molecular weight excluding hydrogens is 366 g/mol. The van der Waals surface area contributed by atoms with Crippen molar-refractivity contribution in [1.82, 2.24) is 0 Å². The van der Waals surface area contributed by atoms with Crippen molar-refractivity contribution in [3.63, 3.8) is 0 Å². The van der Waals surface area contributed by atoms with Crippen LogP contribution >= 0.6 is 0 Å². The molecule has 0 saturated heterocycles. The van der Waals surface area contributed by atoms with Crippen LogP contribution in [0.25, 0.3) is 6.08 Å². The quantitative estimate of drug-likeness (QED) is 0.602. The molecule has 0 amide bonds. The van der Waals surface area contributed by atoms with Gasteiger partial charge in [-0.25, -0.2) is 0 Å². The lowest BCUT2D eigenvalue weighted by Gasteiger charge is -2.60. The number of fused-ring (bicyclic) bond motifs is 5. The fourth-order valence-corrected chi connectivity index (χ4v) is 8.38. The van der Waals surface area contributed by atoms with E-state index in [2.05, 4.69) is 63.2 Å². The van der Waals surface area contributed by atoms with Gasteiger partial charge in [0.2, 0.25) is 0 Å². The van der Waals surface area contributed by atoms with Crippen molar-refractivity contribution in [3.05, 3.63) is 35.4 Å². The van der Waals surface area contributed by atoms with Gasteiger partial charge in [0.1, 0.15) is 0 Å². The first kappa shape index (κ1) is 20.6. The van der Waals surface area contributed by atoms with Crippen molar-refractivity contribution < 1.29 is 5.11 Å². The Hall–Kier alpha value is -1.28. The highest BCUT2D eigenvalue weighted by molar-refractivity contribution is 5.59. The monoisotopic (exact) mass is 407 g/mol. The highest BCUT2D eigenvalue weighted by Gasteiger charge is 2.60. The molecular formula is C28H41NO. The van der Waals surface area contributed by atoms with Crippen LogP contribution in [-0.2, 0) is 0 Å². The number of aliphatic hydroxyl groups is 1. The summed E-state index contributed by atoms with van der Waals surface area (Å²) in [5.41, 5.74) is 4.40. The molecule has 4 saturated carbocycles. The number of hydrogen-bond donors (Lipinski definition) is 1. The van der Waals surface area contributed by atoms with Crippen LogP contribution in [0.5, 0.6) is 0 Å². The van der Waals surface area contributed by atoms with Gasteiger partial charge in [-0.15, -0.1) is 0 Å². The molecule has 1 N–H and O–H groups in total. The van der Waals surface area contributed by atoms with Crippen LogP contribution < -0.4 is 4.90 Å². The summed E-state index contributed by atoms with van der Waals surface area (Å²) in [7, 11) is 4.16. The first-order chi connectivity index (χ1) is 14.3. The Morgan fingerprint density at radius 1 is 0.900 bits per heavy atom. The van der Waals surface area contributed by atoms with Crippen LogP contribution in [0.3, 0.4) is 0 Å². The van der Waals surface area contributed by atoms with Gasteiger partial charge in [-0.05, 0) is 97.3 Å². The predicted molar refractivity (Wildman–Crippen MR) is 126 cm³/mol. The largest absolute Gasteiger partial charge is 0.388 e. The summed E-state index contributed by atoms with van der Waals surface area (Å²) in [6.45, 7) is 5.05. The molecule has 2 heteroatoms.